The summed E-state index contributed by atoms with van der Waals surface area (Å²) in [6, 6.07) is 5.49. The Kier molecular flexibility index (Phi) is 6.51. The van der Waals surface area contributed by atoms with E-state index in [0.717, 1.165) is 44.3 Å². The van der Waals surface area contributed by atoms with Crippen LogP contribution in [0.5, 0.6) is 0 Å². The fourth-order valence-corrected chi connectivity index (χ4v) is 4.74. The van der Waals surface area contributed by atoms with E-state index in [1.165, 1.54) is 0 Å². The average Bonchev–Trinajstić information content (AvgIpc) is 2.64. The molecule has 1 fully saturated rings. The fourth-order valence-electron chi connectivity index (χ4n) is 4.74. The van der Waals surface area contributed by atoms with Crippen molar-refractivity contribution >= 4 is 11.7 Å². The molecular formula is C22H32N2O3. The van der Waals surface area contributed by atoms with Crippen molar-refractivity contribution in [3.05, 3.63) is 34.2 Å². The third-order valence-electron chi connectivity index (χ3n) is 6.14. The van der Waals surface area contributed by atoms with Gasteiger partial charge in [-0.3, -0.25) is 9.59 Å². The van der Waals surface area contributed by atoms with Gasteiger partial charge in [0.2, 0.25) is 5.91 Å². The lowest BCUT2D eigenvalue weighted by Crippen LogP contribution is -2.50. The predicted molar refractivity (Wildman–Crippen MR) is 106 cm³/mol. The fraction of sp³-hybridized carbons (Fsp3) is 0.682. The maximum Gasteiger partial charge on any atom is 0.250 e. The summed E-state index contributed by atoms with van der Waals surface area (Å²) in [6.07, 6.45) is 6.40. The van der Waals surface area contributed by atoms with Gasteiger partial charge in [0.25, 0.3) is 5.56 Å². The maximum absolute atomic E-state index is 13.3. The average molecular weight is 373 g/mol. The Labute approximate surface area is 161 Å². The van der Waals surface area contributed by atoms with Gasteiger partial charge in [-0.05, 0) is 38.2 Å². The highest BCUT2D eigenvalue weighted by atomic mass is 16.2. The predicted octanol–water partition coefficient (Wildman–Crippen LogP) is 3.36. The van der Waals surface area contributed by atoms with E-state index in [1.807, 2.05) is 21.6 Å². The Morgan fingerprint density at radius 1 is 1.15 bits per heavy atom. The molecule has 3 atom stereocenters. The van der Waals surface area contributed by atoms with Gasteiger partial charge in [-0.15, -0.1) is 0 Å². The van der Waals surface area contributed by atoms with Crippen LogP contribution in [0.1, 0.15) is 70.4 Å². The number of Topliss-reactive ketones (excluding diaryl/α,β-unsaturated/α-hetero) is 1. The van der Waals surface area contributed by atoms with E-state index in [2.05, 4.69) is 6.92 Å². The maximum atomic E-state index is 13.3. The molecule has 2 aliphatic rings. The molecule has 5 nitrogen and oxygen atoms in total. The number of amides is 1. The number of hydrogen-bond donors (Lipinski definition) is 0. The number of likely N-dealkylation sites (tertiary alicyclic amines) is 1. The molecule has 0 spiro atoms. The van der Waals surface area contributed by atoms with Gasteiger partial charge in [0.15, 0.2) is 0 Å². The Bertz CT molecular complexity index is 739. The molecule has 0 radical (unpaired) electrons. The van der Waals surface area contributed by atoms with Gasteiger partial charge in [0.05, 0.1) is 0 Å². The number of nitrogens with zero attached hydrogens (tertiary/aromatic N) is 2. The second-order valence-electron chi connectivity index (χ2n) is 8.37. The van der Waals surface area contributed by atoms with Crippen LogP contribution in [0.4, 0.5) is 0 Å². The summed E-state index contributed by atoms with van der Waals surface area (Å²) in [4.78, 5) is 38.9. The number of unbranched alkanes of at least 4 members (excludes halogenated alkanes) is 2. The van der Waals surface area contributed by atoms with Crippen molar-refractivity contribution in [1.29, 1.82) is 0 Å². The van der Waals surface area contributed by atoms with Crippen LogP contribution >= 0.6 is 0 Å². The van der Waals surface area contributed by atoms with Crippen molar-refractivity contribution in [2.45, 2.75) is 71.3 Å². The van der Waals surface area contributed by atoms with Crippen LogP contribution in [0.3, 0.4) is 0 Å². The molecule has 27 heavy (non-hydrogen) atoms. The number of ketones is 1. The van der Waals surface area contributed by atoms with Crippen LogP contribution in [0.25, 0.3) is 0 Å². The molecule has 0 aliphatic carbocycles. The summed E-state index contributed by atoms with van der Waals surface area (Å²) in [5.41, 5.74) is 1.14. The minimum absolute atomic E-state index is 0.0442. The smallest absolute Gasteiger partial charge is 0.250 e. The third kappa shape index (κ3) is 4.69. The van der Waals surface area contributed by atoms with E-state index in [0.29, 0.717) is 31.8 Å². The zero-order valence-electron chi connectivity index (χ0n) is 16.7. The van der Waals surface area contributed by atoms with Crippen LogP contribution in [-0.2, 0) is 16.1 Å². The monoisotopic (exact) mass is 372 g/mol. The first kappa shape index (κ1) is 19.8. The van der Waals surface area contributed by atoms with Crippen LogP contribution in [0.2, 0.25) is 0 Å². The number of piperidine rings is 1. The van der Waals surface area contributed by atoms with Gasteiger partial charge >= 0.3 is 0 Å². The number of carbonyl (C=O) groups excluding carboxylic acids is 2. The first-order valence-corrected chi connectivity index (χ1v) is 10.5. The van der Waals surface area contributed by atoms with Crippen molar-refractivity contribution in [3.8, 4) is 0 Å². The number of carbonyl (C=O) groups is 2. The van der Waals surface area contributed by atoms with E-state index in [-0.39, 0.29) is 29.1 Å². The summed E-state index contributed by atoms with van der Waals surface area (Å²) in [5.74, 6) is 0.932. The summed E-state index contributed by atoms with van der Waals surface area (Å²) >= 11 is 0. The lowest BCUT2D eigenvalue weighted by atomic mass is 9.82. The van der Waals surface area contributed by atoms with Gasteiger partial charge in [-0.2, -0.15) is 0 Å². The van der Waals surface area contributed by atoms with E-state index < -0.39 is 0 Å². The molecule has 2 bridgehead atoms. The van der Waals surface area contributed by atoms with E-state index >= 15 is 0 Å². The largest absolute Gasteiger partial charge is 0.341 e. The van der Waals surface area contributed by atoms with E-state index in [4.69, 9.17) is 0 Å². The Morgan fingerprint density at radius 3 is 2.70 bits per heavy atom. The Balaban J connectivity index is 1.72. The Morgan fingerprint density at radius 2 is 1.96 bits per heavy atom. The molecule has 1 saturated heterocycles. The third-order valence-corrected chi connectivity index (χ3v) is 6.14. The van der Waals surface area contributed by atoms with E-state index in [1.54, 1.807) is 13.0 Å². The molecule has 1 aromatic heterocycles. The van der Waals surface area contributed by atoms with Crippen molar-refractivity contribution in [2.75, 3.05) is 13.1 Å². The van der Waals surface area contributed by atoms with Gasteiger partial charge in [0, 0.05) is 49.7 Å². The molecule has 1 amide bonds. The van der Waals surface area contributed by atoms with Gasteiger partial charge in [-0.1, -0.05) is 32.3 Å². The highest BCUT2D eigenvalue weighted by Gasteiger charge is 2.37. The summed E-state index contributed by atoms with van der Waals surface area (Å²) < 4.78 is 1.90. The minimum Gasteiger partial charge on any atom is -0.341 e. The molecule has 5 heteroatoms. The first-order chi connectivity index (χ1) is 13.0. The molecule has 1 aromatic rings. The van der Waals surface area contributed by atoms with Gasteiger partial charge < -0.3 is 14.3 Å². The number of aromatic nitrogens is 1. The van der Waals surface area contributed by atoms with Crippen molar-refractivity contribution < 1.29 is 9.59 Å². The molecule has 148 valence electrons. The molecule has 1 unspecified atom stereocenters. The standard InChI is InChI=1S/C22H32N2O3/c1-3-4-5-7-18(11-10-16(2)25)22(27)23-13-17-12-19(15-23)20-8-6-9-21(26)24(20)14-17/h6,8-9,17-19H,3-5,7,10-15H2,1-2H3/t17-,18?,19-/m0/s1. The van der Waals surface area contributed by atoms with Crippen LogP contribution in [-0.4, -0.2) is 34.2 Å². The van der Waals surface area contributed by atoms with Crippen molar-refractivity contribution in [1.82, 2.24) is 9.47 Å². The zero-order valence-corrected chi connectivity index (χ0v) is 16.7. The number of hydrogen-bond acceptors (Lipinski definition) is 3. The zero-order chi connectivity index (χ0) is 19.4. The molecule has 0 aromatic carbocycles. The summed E-state index contributed by atoms with van der Waals surface area (Å²) in [6.45, 7) is 5.91. The lowest BCUT2D eigenvalue weighted by molar-refractivity contribution is -0.139. The molecular weight excluding hydrogens is 340 g/mol. The normalized spacial score (nSPS) is 22.2. The number of fused-ring (bicyclic) bond motifs is 4. The highest BCUT2D eigenvalue weighted by Crippen LogP contribution is 2.36. The van der Waals surface area contributed by atoms with Crippen molar-refractivity contribution in [3.63, 3.8) is 0 Å². The van der Waals surface area contributed by atoms with Crippen LogP contribution in [0, 0.1) is 11.8 Å². The topological polar surface area (TPSA) is 59.4 Å². The quantitative estimate of drug-likeness (QED) is 0.658. The molecule has 2 aliphatic heterocycles. The summed E-state index contributed by atoms with van der Waals surface area (Å²) in [7, 11) is 0. The van der Waals surface area contributed by atoms with Crippen LogP contribution in [0.15, 0.2) is 23.0 Å². The Hall–Kier alpha value is -1.91. The minimum atomic E-state index is -0.0442. The number of rotatable bonds is 8. The SMILES string of the molecule is CCCCCC(CCC(C)=O)C(=O)N1C[C@@H]2C[C@@H](C1)c1cccc(=O)n1C2. The number of pyridine rings is 1. The second-order valence-corrected chi connectivity index (χ2v) is 8.37. The molecule has 3 rings (SSSR count). The molecule has 0 saturated carbocycles. The molecule has 0 N–H and O–H groups in total. The highest BCUT2D eigenvalue weighted by molar-refractivity contribution is 5.81. The van der Waals surface area contributed by atoms with Crippen LogP contribution < -0.4 is 5.56 Å². The van der Waals surface area contributed by atoms with E-state index in [9.17, 15) is 14.4 Å². The van der Waals surface area contributed by atoms with Crippen molar-refractivity contribution in [2.24, 2.45) is 11.8 Å². The molecule has 3 heterocycles. The first-order valence-electron chi connectivity index (χ1n) is 10.5. The summed E-state index contributed by atoms with van der Waals surface area (Å²) in [5, 5.41) is 0. The van der Waals surface area contributed by atoms with Gasteiger partial charge in [-0.25, -0.2) is 0 Å². The second kappa shape index (κ2) is 8.85. The lowest BCUT2D eigenvalue weighted by Gasteiger charge is -2.43. The van der Waals surface area contributed by atoms with Gasteiger partial charge in [0.1, 0.15) is 5.78 Å².